The van der Waals surface area contributed by atoms with Gasteiger partial charge >= 0.3 is 0 Å². The van der Waals surface area contributed by atoms with Crippen LogP contribution in [0.5, 0.6) is 0 Å². The third-order valence-electron chi connectivity index (χ3n) is 1.63. The Morgan fingerprint density at radius 3 is 2.40 bits per heavy atom. The lowest BCUT2D eigenvalue weighted by Gasteiger charge is -2.19. The Labute approximate surface area is 66.1 Å². The summed E-state index contributed by atoms with van der Waals surface area (Å²) < 4.78 is 0. The van der Waals surface area contributed by atoms with Gasteiger partial charge in [0.25, 0.3) is 0 Å². The number of hydrogen-bond donors (Lipinski definition) is 1. The van der Waals surface area contributed by atoms with Crippen molar-refractivity contribution in [2.75, 3.05) is 27.7 Å². The van der Waals surface area contributed by atoms with E-state index < -0.39 is 0 Å². The summed E-state index contributed by atoms with van der Waals surface area (Å²) in [5.74, 6) is 0. The molecule has 1 atom stereocenters. The molecule has 0 aromatic heterocycles. The van der Waals surface area contributed by atoms with Crippen LogP contribution in [0.25, 0.3) is 0 Å². The summed E-state index contributed by atoms with van der Waals surface area (Å²) >= 11 is 0. The normalized spacial score (nSPS) is 14.1. The minimum absolute atomic E-state index is 0. The van der Waals surface area contributed by atoms with E-state index >= 15 is 0 Å². The fourth-order valence-electron chi connectivity index (χ4n) is 1.12. The maximum absolute atomic E-state index is 3.29. The van der Waals surface area contributed by atoms with Gasteiger partial charge in [-0.3, -0.25) is 0 Å². The first-order valence-electron chi connectivity index (χ1n) is 4.02. The molecule has 0 saturated heterocycles. The molecule has 0 saturated carbocycles. The number of nitrogens with zero attached hydrogens (tertiary/aromatic N) is 1. The van der Waals surface area contributed by atoms with E-state index in [1.54, 1.807) is 0 Å². The first-order chi connectivity index (χ1) is 4.70. The molecule has 0 rings (SSSR count). The van der Waals surface area contributed by atoms with Crippen molar-refractivity contribution < 1.29 is 1.43 Å². The van der Waals surface area contributed by atoms with Crippen LogP contribution in [0.15, 0.2) is 0 Å². The lowest BCUT2D eigenvalue weighted by molar-refractivity contribution is 0.336. The fourth-order valence-corrected chi connectivity index (χ4v) is 1.12. The number of nitrogens with one attached hydrogen (secondary N) is 1. The Morgan fingerprint density at radius 1 is 1.50 bits per heavy atom. The molecule has 0 aliphatic carbocycles. The van der Waals surface area contributed by atoms with E-state index in [1.165, 1.54) is 12.8 Å². The van der Waals surface area contributed by atoms with Gasteiger partial charge in [-0.1, -0.05) is 13.3 Å². The Balaban J connectivity index is 0. The van der Waals surface area contributed by atoms with Crippen molar-refractivity contribution in [1.82, 2.24) is 10.2 Å². The van der Waals surface area contributed by atoms with Crippen LogP contribution < -0.4 is 5.32 Å². The van der Waals surface area contributed by atoms with Crippen LogP contribution in [0.3, 0.4) is 0 Å². The lowest BCUT2D eigenvalue weighted by atomic mass is 10.1. The van der Waals surface area contributed by atoms with Gasteiger partial charge < -0.3 is 10.2 Å². The number of rotatable bonds is 5. The second-order valence-electron chi connectivity index (χ2n) is 3.04. The molecule has 2 heteroatoms. The molecule has 0 aliphatic heterocycles. The van der Waals surface area contributed by atoms with Crippen LogP contribution in [-0.2, 0) is 0 Å². The van der Waals surface area contributed by atoms with Gasteiger partial charge in [-0.25, -0.2) is 0 Å². The summed E-state index contributed by atoms with van der Waals surface area (Å²) in [5, 5.41) is 3.29. The van der Waals surface area contributed by atoms with Gasteiger partial charge in [0.05, 0.1) is 0 Å². The summed E-state index contributed by atoms with van der Waals surface area (Å²) in [6.07, 6.45) is 2.54. The number of hydrogen-bond acceptors (Lipinski definition) is 2. The molecule has 0 spiro atoms. The SMILES string of the molecule is CCCC(CN(C)C)NC.[HH]. The van der Waals surface area contributed by atoms with E-state index in [0.717, 1.165) is 6.54 Å². The zero-order valence-electron chi connectivity index (χ0n) is 7.65. The average molecular weight is 146 g/mol. The van der Waals surface area contributed by atoms with Crippen LogP contribution in [-0.4, -0.2) is 38.6 Å². The third-order valence-corrected chi connectivity index (χ3v) is 1.63. The molecule has 0 aromatic rings. The quantitative estimate of drug-likeness (QED) is 0.626. The van der Waals surface area contributed by atoms with Crippen molar-refractivity contribution in [3.63, 3.8) is 0 Å². The summed E-state index contributed by atoms with van der Waals surface area (Å²) in [6, 6.07) is 0.667. The first-order valence-corrected chi connectivity index (χ1v) is 4.02. The molecule has 64 valence electrons. The Hall–Kier alpha value is -0.0800. The van der Waals surface area contributed by atoms with Crippen molar-refractivity contribution in [1.29, 1.82) is 0 Å². The van der Waals surface area contributed by atoms with Gasteiger partial charge in [0.15, 0.2) is 0 Å². The monoisotopic (exact) mass is 146 g/mol. The molecule has 1 N–H and O–H groups in total. The maximum Gasteiger partial charge on any atom is 0.0191 e. The molecule has 1 unspecified atom stereocenters. The molecule has 0 aromatic carbocycles. The molecular weight excluding hydrogens is 124 g/mol. The van der Waals surface area contributed by atoms with Crippen molar-refractivity contribution >= 4 is 0 Å². The maximum atomic E-state index is 3.29. The molecular formula is C8H22N2. The summed E-state index contributed by atoms with van der Waals surface area (Å²) in [7, 11) is 6.25. The Bertz CT molecular complexity index is 76.5. The fraction of sp³-hybridized carbons (Fsp3) is 1.00. The molecule has 0 bridgehead atoms. The predicted octanol–water partition coefficient (Wildman–Crippen LogP) is 1.18. The Kier molecular flexibility index (Phi) is 5.64. The van der Waals surface area contributed by atoms with Gasteiger partial charge in [0.2, 0.25) is 0 Å². The van der Waals surface area contributed by atoms with Crippen molar-refractivity contribution in [2.24, 2.45) is 0 Å². The number of likely N-dealkylation sites (N-methyl/N-ethyl adjacent to an activating group) is 2. The van der Waals surface area contributed by atoms with Crippen LogP contribution in [0.1, 0.15) is 21.2 Å². The van der Waals surface area contributed by atoms with Crippen LogP contribution in [0.4, 0.5) is 0 Å². The summed E-state index contributed by atoms with van der Waals surface area (Å²) in [6.45, 7) is 3.37. The highest BCUT2D eigenvalue weighted by molar-refractivity contribution is 4.65. The zero-order valence-corrected chi connectivity index (χ0v) is 7.65. The van der Waals surface area contributed by atoms with Crippen molar-refractivity contribution in [2.45, 2.75) is 25.8 Å². The molecule has 0 aliphatic rings. The third kappa shape index (κ3) is 4.77. The van der Waals surface area contributed by atoms with E-state index in [4.69, 9.17) is 0 Å². The lowest BCUT2D eigenvalue weighted by Crippen LogP contribution is -2.35. The minimum Gasteiger partial charge on any atom is -0.316 e. The van der Waals surface area contributed by atoms with Gasteiger partial charge in [-0.15, -0.1) is 0 Å². The average Bonchev–Trinajstić information content (AvgIpc) is 1.86. The largest absolute Gasteiger partial charge is 0.316 e. The predicted molar refractivity (Wildman–Crippen MR) is 48.4 cm³/mol. The minimum atomic E-state index is 0. The van der Waals surface area contributed by atoms with Crippen molar-refractivity contribution in [3.05, 3.63) is 0 Å². The second kappa shape index (κ2) is 5.69. The molecule has 0 radical (unpaired) electrons. The molecule has 0 amide bonds. The summed E-state index contributed by atoms with van der Waals surface area (Å²) in [4.78, 5) is 2.22. The highest BCUT2D eigenvalue weighted by Gasteiger charge is 2.04. The van der Waals surface area contributed by atoms with Crippen LogP contribution >= 0.6 is 0 Å². The van der Waals surface area contributed by atoms with Gasteiger partial charge in [-0.05, 0) is 27.6 Å². The zero-order chi connectivity index (χ0) is 7.98. The van der Waals surface area contributed by atoms with Gasteiger partial charge in [-0.2, -0.15) is 0 Å². The van der Waals surface area contributed by atoms with E-state index in [1.807, 2.05) is 7.05 Å². The molecule has 10 heavy (non-hydrogen) atoms. The highest BCUT2D eigenvalue weighted by Crippen LogP contribution is 1.96. The molecule has 2 nitrogen and oxygen atoms in total. The first kappa shape index (κ1) is 9.92. The highest BCUT2D eigenvalue weighted by atomic mass is 15.1. The standard InChI is InChI=1S/C8H20N2.H2/c1-5-6-8(9-2)7-10(3)4;/h8-9H,5-7H2,1-4H3;1H. The van der Waals surface area contributed by atoms with Gasteiger partial charge in [0.1, 0.15) is 0 Å². The van der Waals surface area contributed by atoms with E-state index in [2.05, 4.69) is 31.2 Å². The smallest absolute Gasteiger partial charge is 0.0191 e. The van der Waals surface area contributed by atoms with E-state index in [0.29, 0.717) is 6.04 Å². The second-order valence-corrected chi connectivity index (χ2v) is 3.04. The van der Waals surface area contributed by atoms with Crippen LogP contribution in [0, 0.1) is 0 Å². The molecule has 0 heterocycles. The van der Waals surface area contributed by atoms with Crippen LogP contribution in [0.2, 0.25) is 0 Å². The molecule has 0 fully saturated rings. The van der Waals surface area contributed by atoms with Crippen molar-refractivity contribution in [3.8, 4) is 0 Å². The van der Waals surface area contributed by atoms with E-state index in [9.17, 15) is 0 Å². The summed E-state index contributed by atoms with van der Waals surface area (Å²) in [5.41, 5.74) is 0. The Morgan fingerprint density at radius 2 is 2.10 bits per heavy atom. The topological polar surface area (TPSA) is 15.3 Å². The van der Waals surface area contributed by atoms with Gasteiger partial charge in [0, 0.05) is 14.0 Å². The van der Waals surface area contributed by atoms with E-state index in [-0.39, 0.29) is 1.43 Å².